The molecule has 0 radical (unpaired) electrons. The van der Waals surface area contributed by atoms with Crippen LogP contribution in [0.1, 0.15) is 42.3 Å². The topological polar surface area (TPSA) is 77.8 Å². The zero-order chi connectivity index (χ0) is 20.1. The third kappa shape index (κ3) is 4.74. The molecule has 0 aliphatic heterocycles. The number of amides is 1. The monoisotopic (exact) mass is 370 g/mol. The minimum Gasteiger partial charge on any atom is -0.354 e. The zero-order valence-corrected chi connectivity index (χ0v) is 16.2. The fraction of sp³-hybridized carbons (Fsp3) is 0.174. The normalized spacial score (nSPS) is 10.8. The van der Waals surface area contributed by atoms with E-state index in [1.807, 2.05) is 12.1 Å². The van der Waals surface area contributed by atoms with Crippen molar-refractivity contribution in [3.05, 3.63) is 83.7 Å². The predicted molar refractivity (Wildman–Crippen MR) is 112 cm³/mol. The number of nitrogens with zero attached hydrogens (tertiary/aromatic N) is 2. The highest BCUT2D eigenvalue weighted by Crippen LogP contribution is 2.25. The number of rotatable bonds is 4. The standard InChI is InChI=1S/C23H22N4O/c1-23(2,3)18-7-9-19(10-8-18)26-21-12-17(14-25-15-21)22(28)27-20-6-4-5-16(11-20)13-24/h4-12,14-15,26H,1-3H3,(H,27,28). The Hall–Kier alpha value is -3.65. The molecule has 0 aliphatic rings. The van der Waals surface area contributed by atoms with Crippen LogP contribution in [0.2, 0.25) is 0 Å². The van der Waals surface area contributed by atoms with E-state index < -0.39 is 0 Å². The van der Waals surface area contributed by atoms with E-state index in [9.17, 15) is 4.79 Å². The van der Waals surface area contributed by atoms with E-state index in [0.29, 0.717) is 16.8 Å². The van der Waals surface area contributed by atoms with Crippen LogP contribution in [0.4, 0.5) is 17.1 Å². The van der Waals surface area contributed by atoms with E-state index in [2.05, 4.69) is 54.6 Å². The van der Waals surface area contributed by atoms with Gasteiger partial charge in [0.1, 0.15) is 0 Å². The summed E-state index contributed by atoms with van der Waals surface area (Å²) in [4.78, 5) is 16.7. The van der Waals surface area contributed by atoms with E-state index in [1.54, 1.807) is 36.5 Å². The van der Waals surface area contributed by atoms with Gasteiger partial charge in [0.15, 0.2) is 0 Å². The Labute approximate surface area is 165 Å². The molecular weight excluding hydrogens is 348 g/mol. The van der Waals surface area contributed by atoms with Crippen LogP contribution in [0, 0.1) is 11.3 Å². The van der Waals surface area contributed by atoms with Gasteiger partial charge in [-0.3, -0.25) is 9.78 Å². The Kier molecular flexibility index (Phi) is 5.42. The number of aromatic nitrogens is 1. The van der Waals surface area contributed by atoms with E-state index in [-0.39, 0.29) is 11.3 Å². The second-order valence-corrected chi connectivity index (χ2v) is 7.56. The SMILES string of the molecule is CC(C)(C)c1ccc(Nc2cncc(C(=O)Nc3cccc(C#N)c3)c2)cc1. The average Bonchev–Trinajstić information content (AvgIpc) is 2.68. The molecule has 0 unspecified atom stereocenters. The molecule has 0 bridgehead atoms. The van der Waals surface area contributed by atoms with Crippen LogP contribution in [-0.2, 0) is 5.41 Å². The van der Waals surface area contributed by atoms with Crippen LogP contribution in [0.3, 0.4) is 0 Å². The highest BCUT2D eigenvalue weighted by atomic mass is 16.1. The fourth-order valence-corrected chi connectivity index (χ4v) is 2.72. The molecule has 0 atom stereocenters. The molecule has 1 amide bonds. The zero-order valence-electron chi connectivity index (χ0n) is 16.2. The number of nitrogens with one attached hydrogen (secondary N) is 2. The second-order valence-electron chi connectivity index (χ2n) is 7.56. The van der Waals surface area contributed by atoms with Crippen molar-refractivity contribution < 1.29 is 4.79 Å². The predicted octanol–water partition coefficient (Wildman–Crippen LogP) is 5.25. The van der Waals surface area contributed by atoms with Crippen molar-refractivity contribution in [3.8, 4) is 6.07 Å². The largest absolute Gasteiger partial charge is 0.354 e. The number of carbonyl (C=O) groups is 1. The van der Waals surface area contributed by atoms with Crippen LogP contribution in [-0.4, -0.2) is 10.9 Å². The number of hydrogen-bond acceptors (Lipinski definition) is 4. The Bertz CT molecular complexity index is 1030. The summed E-state index contributed by atoms with van der Waals surface area (Å²) in [6.45, 7) is 6.52. The lowest BCUT2D eigenvalue weighted by Crippen LogP contribution is -2.12. The minimum atomic E-state index is -0.283. The molecule has 1 heterocycles. The first-order valence-electron chi connectivity index (χ1n) is 8.99. The minimum absolute atomic E-state index is 0.0982. The molecule has 2 aromatic carbocycles. The van der Waals surface area contributed by atoms with Gasteiger partial charge in [0.05, 0.1) is 29.1 Å². The summed E-state index contributed by atoms with van der Waals surface area (Å²) in [7, 11) is 0. The third-order valence-electron chi connectivity index (χ3n) is 4.29. The summed E-state index contributed by atoms with van der Waals surface area (Å²) in [5, 5.41) is 15.0. The van der Waals surface area contributed by atoms with Crippen molar-refractivity contribution in [2.75, 3.05) is 10.6 Å². The third-order valence-corrected chi connectivity index (χ3v) is 4.29. The molecule has 0 spiro atoms. The molecule has 28 heavy (non-hydrogen) atoms. The summed E-state index contributed by atoms with van der Waals surface area (Å²) < 4.78 is 0. The molecular formula is C23H22N4O. The summed E-state index contributed by atoms with van der Waals surface area (Å²) >= 11 is 0. The summed E-state index contributed by atoms with van der Waals surface area (Å²) in [6, 6.07) is 18.8. The highest BCUT2D eigenvalue weighted by Gasteiger charge is 2.13. The smallest absolute Gasteiger partial charge is 0.257 e. The van der Waals surface area contributed by atoms with E-state index in [4.69, 9.17) is 5.26 Å². The van der Waals surface area contributed by atoms with Crippen LogP contribution < -0.4 is 10.6 Å². The van der Waals surface area contributed by atoms with Crippen molar-refractivity contribution in [3.63, 3.8) is 0 Å². The second kappa shape index (κ2) is 7.93. The Morgan fingerprint density at radius 3 is 2.39 bits per heavy atom. The molecule has 1 aromatic heterocycles. The van der Waals surface area contributed by atoms with Gasteiger partial charge in [-0.25, -0.2) is 0 Å². The summed E-state index contributed by atoms with van der Waals surface area (Å²) in [5.74, 6) is -0.283. The summed E-state index contributed by atoms with van der Waals surface area (Å²) in [6.07, 6.45) is 3.18. The maximum Gasteiger partial charge on any atom is 0.257 e. The molecule has 2 N–H and O–H groups in total. The van der Waals surface area contributed by atoms with Gasteiger partial charge in [-0.15, -0.1) is 0 Å². The fourth-order valence-electron chi connectivity index (χ4n) is 2.72. The maximum atomic E-state index is 12.5. The molecule has 0 saturated heterocycles. The van der Waals surface area contributed by atoms with E-state index >= 15 is 0 Å². The Balaban J connectivity index is 1.73. The first-order valence-corrected chi connectivity index (χ1v) is 8.99. The van der Waals surface area contributed by atoms with Gasteiger partial charge in [-0.1, -0.05) is 39.0 Å². The number of anilines is 3. The van der Waals surface area contributed by atoms with Crippen molar-refractivity contribution in [2.45, 2.75) is 26.2 Å². The van der Waals surface area contributed by atoms with Gasteiger partial charge < -0.3 is 10.6 Å². The van der Waals surface area contributed by atoms with Crippen molar-refractivity contribution >= 4 is 23.0 Å². The van der Waals surface area contributed by atoms with E-state index in [0.717, 1.165) is 11.4 Å². The molecule has 3 rings (SSSR count). The molecule has 0 fully saturated rings. The molecule has 0 aliphatic carbocycles. The van der Waals surface area contributed by atoms with Gasteiger partial charge in [-0.2, -0.15) is 5.26 Å². The molecule has 140 valence electrons. The quantitative estimate of drug-likeness (QED) is 0.658. The van der Waals surface area contributed by atoms with Gasteiger partial charge in [-0.05, 0) is 47.4 Å². The lowest BCUT2D eigenvalue weighted by molar-refractivity contribution is 0.102. The van der Waals surface area contributed by atoms with Gasteiger partial charge >= 0.3 is 0 Å². The van der Waals surface area contributed by atoms with Crippen molar-refractivity contribution in [2.24, 2.45) is 0 Å². The number of carbonyl (C=O) groups excluding carboxylic acids is 1. The van der Waals surface area contributed by atoms with Crippen LogP contribution in [0.5, 0.6) is 0 Å². The first-order chi connectivity index (χ1) is 13.3. The first kappa shape index (κ1) is 19.1. The van der Waals surface area contributed by atoms with Crippen LogP contribution >= 0.6 is 0 Å². The number of benzene rings is 2. The van der Waals surface area contributed by atoms with Crippen LogP contribution in [0.25, 0.3) is 0 Å². The average molecular weight is 370 g/mol. The summed E-state index contributed by atoms with van der Waals surface area (Å²) in [5.41, 5.74) is 4.49. The Morgan fingerprint density at radius 1 is 0.964 bits per heavy atom. The molecule has 5 heteroatoms. The number of hydrogen-bond donors (Lipinski definition) is 2. The number of nitriles is 1. The van der Waals surface area contributed by atoms with Gasteiger partial charge in [0, 0.05) is 17.6 Å². The maximum absolute atomic E-state index is 12.5. The lowest BCUT2D eigenvalue weighted by atomic mass is 9.87. The van der Waals surface area contributed by atoms with E-state index in [1.165, 1.54) is 11.8 Å². The highest BCUT2D eigenvalue weighted by molar-refractivity contribution is 6.04. The van der Waals surface area contributed by atoms with Crippen LogP contribution in [0.15, 0.2) is 67.0 Å². The van der Waals surface area contributed by atoms with Crippen molar-refractivity contribution in [1.82, 2.24) is 4.98 Å². The van der Waals surface area contributed by atoms with Crippen molar-refractivity contribution in [1.29, 1.82) is 5.26 Å². The molecule has 5 nitrogen and oxygen atoms in total. The molecule has 3 aromatic rings. The van der Waals surface area contributed by atoms with Gasteiger partial charge in [0.2, 0.25) is 0 Å². The number of pyridine rings is 1. The Morgan fingerprint density at radius 2 is 1.71 bits per heavy atom. The van der Waals surface area contributed by atoms with Gasteiger partial charge in [0.25, 0.3) is 5.91 Å². The molecule has 0 saturated carbocycles. The lowest BCUT2D eigenvalue weighted by Gasteiger charge is -2.19.